The molecule has 2 amide bonds. The highest BCUT2D eigenvalue weighted by atomic mass is 16.5. The summed E-state index contributed by atoms with van der Waals surface area (Å²) < 4.78 is 5.81. The zero-order valence-corrected chi connectivity index (χ0v) is 20.0. The van der Waals surface area contributed by atoms with Crippen molar-refractivity contribution in [1.82, 2.24) is 4.90 Å². The molecule has 1 aliphatic rings. The lowest BCUT2D eigenvalue weighted by Gasteiger charge is -2.30. The van der Waals surface area contributed by atoms with Crippen LogP contribution in [0.4, 0.5) is 11.4 Å². The molecule has 0 radical (unpaired) electrons. The van der Waals surface area contributed by atoms with E-state index in [0.29, 0.717) is 25.4 Å². The first kappa shape index (κ1) is 23.6. The topological polar surface area (TPSA) is 70.7 Å². The van der Waals surface area contributed by atoms with Crippen molar-refractivity contribution in [2.75, 3.05) is 30.3 Å². The van der Waals surface area contributed by atoms with E-state index in [2.05, 4.69) is 15.5 Å². The van der Waals surface area contributed by atoms with Crippen LogP contribution in [0.5, 0.6) is 11.5 Å². The summed E-state index contributed by atoms with van der Waals surface area (Å²) in [4.78, 5) is 27.6. The van der Waals surface area contributed by atoms with Gasteiger partial charge in [0.25, 0.3) is 0 Å². The van der Waals surface area contributed by atoms with Crippen LogP contribution >= 0.6 is 0 Å². The highest BCUT2D eigenvalue weighted by Gasteiger charge is 2.26. The summed E-state index contributed by atoms with van der Waals surface area (Å²) in [6.07, 6.45) is 1.45. The molecule has 4 aromatic carbocycles. The molecule has 6 nitrogen and oxygen atoms in total. The Morgan fingerprint density at radius 3 is 2.19 bits per heavy atom. The summed E-state index contributed by atoms with van der Waals surface area (Å²) in [6.45, 7) is 1.75. The second kappa shape index (κ2) is 11.1. The van der Waals surface area contributed by atoms with E-state index in [4.69, 9.17) is 4.74 Å². The van der Waals surface area contributed by atoms with Gasteiger partial charge >= 0.3 is 0 Å². The second-order valence-electron chi connectivity index (χ2n) is 9.05. The quantitative estimate of drug-likeness (QED) is 0.345. The zero-order valence-electron chi connectivity index (χ0n) is 20.0. The van der Waals surface area contributed by atoms with Crippen molar-refractivity contribution >= 4 is 34.0 Å². The molecule has 0 aromatic heterocycles. The molecule has 1 aliphatic heterocycles. The Morgan fingerprint density at radius 1 is 0.750 bits per heavy atom. The van der Waals surface area contributed by atoms with E-state index in [1.165, 1.54) is 0 Å². The molecule has 0 aliphatic carbocycles. The lowest BCUT2D eigenvalue weighted by atomic mass is 9.95. The number of piperidine rings is 1. The summed E-state index contributed by atoms with van der Waals surface area (Å²) in [5.41, 5.74) is 1.57. The van der Waals surface area contributed by atoms with Crippen LogP contribution in [0.25, 0.3) is 10.8 Å². The van der Waals surface area contributed by atoms with Gasteiger partial charge in [0.2, 0.25) is 11.8 Å². The number of benzene rings is 4. The number of nitrogens with one attached hydrogen (secondary N) is 2. The lowest BCUT2D eigenvalue weighted by Crippen LogP contribution is -2.41. The first-order valence-electron chi connectivity index (χ1n) is 12.3. The van der Waals surface area contributed by atoms with Gasteiger partial charge in [-0.3, -0.25) is 14.5 Å². The van der Waals surface area contributed by atoms with Crippen molar-refractivity contribution in [3.05, 3.63) is 97.1 Å². The van der Waals surface area contributed by atoms with Crippen molar-refractivity contribution in [3.63, 3.8) is 0 Å². The summed E-state index contributed by atoms with van der Waals surface area (Å²) in [5.74, 6) is 1.41. The Kier molecular flexibility index (Phi) is 7.24. The highest BCUT2D eigenvalue weighted by molar-refractivity contribution is 6.02. The Morgan fingerprint density at radius 2 is 1.42 bits per heavy atom. The maximum Gasteiger partial charge on any atom is 0.238 e. The van der Waals surface area contributed by atoms with Crippen molar-refractivity contribution in [2.24, 2.45) is 5.92 Å². The molecule has 5 rings (SSSR count). The van der Waals surface area contributed by atoms with Gasteiger partial charge in [-0.25, -0.2) is 0 Å². The minimum absolute atomic E-state index is 0.0200. The maximum atomic E-state index is 12.8. The summed E-state index contributed by atoms with van der Waals surface area (Å²) in [5, 5.41) is 8.19. The Labute approximate surface area is 210 Å². The Bertz CT molecular complexity index is 1330. The monoisotopic (exact) mass is 479 g/mol. The van der Waals surface area contributed by atoms with Gasteiger partial charge in [0.15, 0.2) is 0 Å². The number of hydrogen-bond acceptors (Lipinski definition) is 4. The number of fused-ring (bicyclic) bond motifs is 1. The molecule has 182 valence electrons. The first-order chi connectivity index (χ1) is 17.6. The van der Waals surface area contributed by atoms with Gasteiger partial charge in [-0.2, -0.15) is 0 Å². The molecular weight excluding hydrogens is 450 g/mol. The molecule has 0 saturated carbocycles. The maximum absolute atomic E-state index is 12.8. The molecule has 6 heteroatoms. The fraction of sp³-hybridized carbons (Fsp3) is 0.200. The Hall–Kier alpha value is -4.16. The largest absolute Gasteiger partial charge is 0.457 e. The van der Waals surface area contributed by atoms with Gasteiger partial charge in [-0.1, -0.05) is 54.6 Å². The van der Waals surface area contributed by atoms with E-state index in [0.717, 1.165) is 40.7 Å². The van der Waals surface area contributed by atoms with Crippen LogP contribution in [-0.4, -0.2) is 36.3 Å². The van der Waals surface area contributed by atoms with Crippen LogP contribution in [0, 0.1) is 5.92 Å². The van der Waals surface area contributed by atoms with Crippen molar-refractivity contribution in [2.45, 2.75) is 12.8 Å². The van der Waals surface area contributed by atoms with E-state index >= 15 is 0 Å². The molecule has 0 unspecified atom stereocenters. The summed E-state index contributed by atoms with van der Waals surface area (Å²) in [6, 6.07) is 30.9. The normalized spacial score (nSPS) is 14.3. The third-order valence-electron chi connectivity index (χ3n) is 6.49. The number of carbonyl (C=O) groups is 2. The van der Waals surface area contributed by atoms with Crippen molar-refractivity contribution in [1.29, 1.82) is 0 Å². The average molecular weight is 480 g/mol. The fourth-order valence-electron chi connectivity index (χ4n) is 4.56. The number of hydrogen-bond donors (Lipinski definition) is 2. The standard InChI is InChI=1S/C30H29N3O3/c34-29(32-28-12-6-8-22-7-4-5-11-27(22)28)21-33-19-17-23(18-20-33)30(35)31-24-13-15-26(16-14-24)36-25-9-2-1-3-10-25/h1-16,23H,17-21H2,(H,31,35)(H,32,34). The molecule has 0 spiro atoms. The van der Waals surface area contributed by atoms with Crippen LogP contribution in [0.15, 0.2) is 97.1 Å². The SMILES string of the molecule is O=C(CN1CCC(C(=O)Nc2ccc(Oc3ccccc3)cc2)CC1)Nc1cccc2ccccc12. The van der Waals surface area contributed by atoms with Crippen LogP contribution in [-0.2, 0) is 9.59 Å². The highest BCUT2D eigenvalue weighted by Crippen LogP contribution is 2.25. The van der Waals surface area contributed by atoms with E-state index < -0.39 is 0 Å². The minimum Gasteiger partial charge on any atom is -0.457 e. The van der Waals surface area contributed by atoms with Gasteiger partial charge in [-0.05, 0) is 73.8 Å². The van der Waals surface area contributed by atoms with Crippen LogP contribution < -0.4 is 15.4 Å². The third-order valence-corrected chi connectivity index (χ3v) is 6.49. The number of rotatable bonds is 7. The summed E-state index contributed by atoms with van der Waals surface area (Å²) in [7, 11) is 0. The van der Waals surface area contributed by atoms with Crippen molar-refractivity contribution in [3.8, 4) is 11.5 Å². The first-order valence-corrected chi connectivity index (χ1v) is 12.3. The molecular formula is C30H29N3O3. The molecule has 1 heterocycles. The van der Waals surface area contributed by atoms with E-state index in [9.17, 15) is 9.59 Å². The minimum atomic E-state index is -0.0670. The Balaban J connectivity index is 1.08. The number of carbonyl (C=O) groups excluding carboxylic acids is 2. The van der Waals surface area contributed by atoms with Gasteiger partial charge in [0.05, 0.1) is 6.54 Å². The number of likely N-dealkylation sites (tertiary alicyclic amines) is 1. The van der Waals surface area contributed by atoms with Gasteiger partial charge in [-0.15, -0.1) is 0 Å². The number of amides is 2. The lowest BCUT2D eigenvalue weighted by molar-refractivity contribution is -0.121. The van der Waals surface area contributed by atoms with Crippen LogP contribution in [0.2, 0.25) is 0 Å². The third kappa shape index (κ3) is 5.90. The number of para-hydroxylation sites is 1. The summed E-state index contributed by atoms with van der Waals surface area (Å²) >= 11 is 0. The fourth-order valence-corrected chi connectivity index (χ4v) is 4.56. The molecule has 1 fully saturated rings. The van der Waals surface area contributed by atoms with Gasteiger partial charge in [0, 0.05) is 22.7 Å². The molecule has 0 bridgehead atoms. The van der Waals surface area contributed by atoms with E-state index in [1.54, 1.807) is 0 Å². The predicted molar refractivity (Wildman–Crippen MR) is 143 cm³/mol. The number of nitrogens with zero attached hydrogens (tertiary/aromatic N) is 1. The van der Waals surface area contributed by atoms with Gasteiger partial charge in [0.1, 0.15) is 11.5 Å². The molecule has 2 N–H and O–H groups in total. The smallest absolute Gasteiger partial charge is 0.238 e. The molecule has 4 aromatic rings. The predicted octanol–water partition coefficient (Wildman–Crippen LogP) is 5.92. The van der Waals surface area contributed by atoms with Crippen LogP contribution in [0.3, 0.4) is 0 Å². The van der Waals surface area contributed by atoms with E-state index in [-0.39, 0.29) is 17.7 Å². The second-order valence-corrected chi connectivity index (χ2v) is 9.05. The van der Waals surface area contributed by atoms with Crippen LogP contribution in [0.1, 0.15) is 12.8 Å². The van der Waals surface area contributed by atoms with Gasteiger partial charge < -0.3 is 15.4 Å². The average Bonchev–Trinajstić information content (AvgIpc) is 2.91. The number of anilines is 2. The molecule has 0 atom stereocenters. The van der Waals surface area contributed by atoms with E-state index in [1.807, 2.05) is 97.1 Å². The number of ether oxygens (including phenoxy) is 1. The molecule has 1 saturated heterocycles. The molecule has 36 heavy (non-hydrogen) atoms. The van der Waals surface area contributed by atoms with Crippen molar-refractivity contribution < 1.29 is 14.3 Å². The zero-order chi connectivity index (χ0) is 24.7.